The molecule has 66 heavy (non-hydrogen) atoms. The van der Waals surface area contributed by atoms with E-state index in [1.807, 2.05) is 0 Å². The monoisotopic (exact) mass is 925 g/mol. The maximum atomic E-state index is 12.9. The summed E-state index contributed by atoms with van der Waals surface area (Å²) in [6.45, 7) is 7.76. The Bertz CT molecular complexity index is 1090. The second-order valence-electron chi connectivity index (χ2n) is 19.5. The average molecular weight is 926 g/mol. The molecule has 0 rings (SSSR count). The van der Waals surface area contributed by atoms with E-state index in [-0.39, 0.29) is 25.2 Å². The van der Waals surface area contributed by atoms with Gasteiger partial charge in [-0.15, -0.1) is 0 Å². The first-order valence-electron chi connectivity index (χ1n) is 29.2. The van der Waals surface area contributed by atoms with Gasteiger partial charge in [0.25, 0.3) is 0 Å². The molecular formula is C61H112O5. The molecule has 0 aromatic rings. The molecule has 386 valence electrons. The molecule has 0 aromatic heterocycles. The molecule has 0 aliphatic heterocycles. The zero-order valence-electron chi connectivity index (χ0n) is 44.5. The van der Waals surface area contributed by atoms with Crippen LogP contribution >= 0.6 is 0 Å². The molecule has 0 saturated heterocycles. The number of hydrogen-bond acceptors (Lipinski definition) is 5. The Balaban J connectivity index is 4.21. The Morgan fingerprint density at radius 1 is 0.348 bits per heavy atom. The minimum Gasteiger partial charge on any atom is -0.462 e. The Morgan fingerprint density at radius 3 is 1.09 bits per heavy atom. The van der Waals surface area contributed by atoms with Crippen molar-refractivity contribution in [2.75, 3.05) is 19.8 Å². The van der Waals surface area contributed by atoms with Gasteiger partial charge in [0.1, 0.15) is 6.61 Å². The topological polar surface area (TPSA) is 61.8 Å². The van der Waals surface area contributed by atoms with Crippen molar-refractivity contribution in [3.05, 3.63) is 48.6 Å². The number of hydrogen-bond donors (Lipinski definition) is 0. The minimum absolute atomic E-state index is 0.0828. The Labute approximate surface area is 412 Å². The van der Waals surface area contributed by atoms with Gasteiger partial charge in [0.05, 0.1) is 6.61 Å². The van der Waals surface area contributed by atoms with Gasteiger partial charge in [-0.2, -0.15) is 0 Å². The molecule has 0 saturated carbocycles. The highest BCUT2D eigenvalue weighted by Gasteiger charge is 2.17. The summed E-state index contributed by atoms with van der Waals surface area (Å²) in [4.78, 5) is 25.5. The van der Waals surface area contributed by atoms with E-state index in [1.54, 1.807) is 0 Å². The van der Waals surface area contributed by atoms with Crippen LogP contribution in [0, 0.1) is 0 Å². The van der Waals surface area contributed by atoms with Crippen LogP contribution in [0.1, 0.15) is 303 Å². The van der Waals surface area contributed by atoms with Crippen molar-refractivity contribution in [1.82, 2.24) is 0 Å². The summed E-state index contributed by atoms with van der Waals surface area (Å²) in [5, 5.41) is 0. The molecule has 0 amide bonds. The van der Waals surface area contributed by atoms with Crippen LogP contribution in [-0.4, -0.2) is 37.9 Å². The van der Waals surface area contributed by atoms with E-state index in [0.29, 0.717) is 19.4 Å². The number of allylic oxidation sites excluding steroid dienone is 8. The molecular weight excluding hydrogens is 813 g/mol. The maximum Gasteiger partial charge on any atom is 0.306 e. The molecule has 1 unspecified atom stereocenters. The molecule has 5 nitrogen and oxygen atoms in total. The van der Waals surface area contributed by atoms with E-state index >= 15 is 0 Å². The molecule has 5 heteroatoms. The lowest BCUT2D eigenvalue weighted by molar-refractivity contribution is -0.163. The van der Waals surface area contributed by atoms with E-state index in [9.17, 15) is 9.59 Å². The lowest BCUT2D eigenvalue weighted by atomic mass is 10.0. The molecule has 0 spiro atoms. The zero-order chi connectivity index (χ0) is 47.7. The van der Waals surface area contributed by atoms with Gasteiger partial charge in [0.15, 0.2) is 6.10 Å². The first-order chi connectivity index (χ1) is 32.6. The van der Waals surface area contributed by atoms with Crippen molar-refractivity contribution < 1.29 is 23.8 Å². The lowest BCUT2D eigenvalue weighted by Gasteiger charge is -2.18. The standard InChI is InChI=1S/C61H112O5/c1-4-7-10-13-16-19-22-25-27-29-31-33-35-37-39-42-45-48-51-54-60(62)65-58-59(57-64-56-53-50-47-44-41-24-21-18-15-12-9-6-3)66-61(63)55-52-49-46-43-40-38-36-34-32-30-28-26-23-20-17-14-11-8-5-2/h7,10,16,19,25,27,31,33,59H,4-6,8-9,11-15,17-18,20-24,26,28-30,32,34-58H2,1-3H3/b10-7-,19-16-,27-25-,33-31-. The first-order valence-corrected chi connectivity index (χ1v) is 29.2. The summed E-state index contributed by atoms with van der Waals surface area (Å²) >= 11 is 0. The number of rotatable bonds is 54. The second kappa shape index (κ2) is 57.2. The van der Waals surface area contributed by atoms with Crippen LogP contribution in [0.4, 0.5) is 0 Å². The predicted octanol–water partition coefficient (Wildman–Crippen LogP) is 19.9. The van der Waals surface area contributed by atoms with Crippen LogP contribution in [0.5, 0.6) is 0 Å². The summed E-state index contributed by atoms with van der Waals surface area (Å²) in [5.41, 5.74) is 0. The Hall–Kier alpha value is -2.14. The molecule has 0 radical (unpaired) electrons. The summed E-state index contributed by atoms with van der Waals surface area (Å²) in [5.74, 6) is -0.394. The third kappa shape index (κ3) is 54.5. The van der Waals surface area contributed by atoms with Crippen LogP contribution in [-0.2, 0) is 23.8 Å². The quantitative estimate of drug-likeness (QED) is 0.0345. The van der Waals surface area contributed by atoms with Gasteiger partial charge in [-0.3, -0.25) is 9.59 Å². The minimum atomic E-state index is -0.538. The van der Waals surface area contributed by atoms with Crippen molar-refractivity contribution in [1.29, 1.82) is 0 Å². The van der Waals surface area contributed by atoms with E-state index in [1.165, 1.54) is 199 Å². The highest BCUT2D eigenvalue weighted by atomic mass is 16.6. The number of esters is 2. The smallest absolute Gasteiger partial charge is 0.306 e. The maximum absolute atomic E-state index is 12.9. The highest BCUT2D eigenvalue weighted by molar-refractivity contribution is 5.70. The summed E-state index contributed by atoms with van der Waals surface area (Å²) in [6.07, 6.45) is 71.3. The van der Waals surface area contributed by atoms with Crippen LogP contribution < -0.4 is 0 Å². The third-order valence-electron chi connectivity index (χ3n) is 12.9. The number of ether oxygens (including phenoxy) is 3. The van der Waals surface area contributed by atoms with Crippen molar-refractivity contribution in [2.24, 2.45) is 0 Å². The average Bonchev–Trinajstić information content (AvgIpc) is 3.32. The van der Waals surface area contributed by atoms with Gasteiger partial charge in [-0.05, 0) is 57.8 Å². The van der Waals surface area contributed by atoms with Gasteiger partial charge >= 0.3 is 11.9 Å². The second-order valence-corrected chi connectivity index (χ2v) is 19.5. The Kier molecular flexibility index (Phi) is 55.3. The Morgan fingerprint density at radius 2 is 0.682 bits per heavy atom. The van der Waals surface area contributed by atoms with E-state index in [0.717, 1.165) is 70.6 Å². The third-order valence-corrected chi connectivity index (χ3v) is 12.9. The molecule has 0 aliphatic carbocycles. The van der Waals surface area contributed by atoms with Crippen molar-refractivity contribution in [2.45, 2.75) is 309 Å². The highest BCUT2D eigenvalue weighted by Crippen LogP contribution is 2.17. The predicted molar refractivity (Wildman–Crippen MR) is 288 cm³/mol. The van der Waals surface area contributed by atoms with Crippen molar-refractivity contribution in [3.8, 4) is 0 Å². The molecule has 0 aromatic carbocycles. The molecule has 0 heterocycles. The van der Waals surface area contributed by atoms with Crippen LogP contribution in [0.25, 0.3) is 0 Å². The zero-order valence-corrected chi connectivity index (χ0v) is 44.5. The number of unbranched alkanes of at least 4 members (excludes halogenated alkanes) is 35. The molecule has 0 aliphatic rings. The lowest BCUT2D eigenvalue weighted by Crippen LogP contribution is -2.30. The van der Waals surface area contributed by atoms with E-state index in [4.69, 9.17) is 14.2 Å². The fourth-order valence-corrected chi connectivity index (χ4v) is 8.56. The summed E-state index contributed by atoms with van der Waals surface area (Å²) < 4.78 is 17.5. The van der Waals surface area contributed by atoms with Crippen molar-refractivity contribution in [3.63, 3.8) is 0 Å². The van der Waals surface area contributed by atoms with Gasteiger partial charge in [0.2, 0.25) is 0 Å². The molecule has 0 N–H and O–H groups in total. The van der Waals surface area contributed by atoms with Crippen LogP contribution in [0.15, 0.2) is 48.6 Å². The van der Waals surface area contributed by atoms with Crippen LogP contribution in [0.2, 0.25) is 0 Å². The summed E-state index contributed by atoms with van der Waals surface area (Å²) in [7, 11) is 0. The van der Waals surface area contributed by atoms with Crippen molar-refractivity contribution >= 4 is 11.9 Å². The number of carbonyl (C=O) groups excluding carboxylic acids is 2. The van der Waals surface area contributed by atoms with Gasteiger partial charge in [-0.25, -0.2) is 0 Å². The van der Waals surface area contributed by atoms with Gasteiger partial charge < -0.3 is 14.2 Å². The fraction of sp³-hybridized carbons (Fsp3) is 0.836. The van der Waals surface area contributed by atoms with Gasteiger partial charge in [0, 0.05) is 19.4 Å². The van der Waals surface area contributed by atoms with Crippen LogP contribution in [0.3, 0.4) is 0 Å². The molecule has 0 bridgehead atoms. The largest absolute Gasteiger partial charge is 0.462 e. The SMILES string of the molecule is CC/C=C\C/C=C\C/C=C\C/C=C\CCCCCCCCC(=O)OCC(COCCCCCCCCCCCCCC)OC(=O)CCCCCCCCCCCCCCCCCCCCC. The summed E-state index contributed by atoms with van der Waals surface area (Å²) in [6, 6.07) is 0. The van der Waals surface area contributed by atoms with Gasteiger partial charge in [-0.1, -0.05) is 281 Å². The first kappa shape index (κ1) is 63.9. The fourth-order valence-electron chi connectivity index (χ4n) is 8.56. The van der Waals surface area contributed by atoms with E-state index < -0.39 is 6.10 Å². The molecule has 0 fully saturated rings. The normalized spacial score (nSPS) is 12.5. The van der Waals surface area contributed by atoms with E-state index in [2.05, 4.69) is 69.4 Å². The number of carbonyl (C=O) groups is 2. The molecule has 1 atom stereocenters.